The van der Waals surface area contributed by atoms with Crippen molar-refractivity contribution in [3.63, 3.8) is 0 Å². The number of thiocarbonyl (C=S) groups is 1. The average molecular weight is 466 g/mol. The number of aromatic nitrogens is 1. The lowest BCUT2D eigenvalue weighted by atomic mass is 10.2. The number of para-hydroxylation sites is 2. The Balaban J connectivity index is 1.50. The van der Waals surface area contributed by atoms with E-state index in [0.29, 0.717) is 26.4 Å². The highest BCUT2D eigenvalue weighted by Gasteiger charge is 2.34. The number of hydrogen-bond donors (Lipinski definition) is 0. The molecule has 0 aliphatic carbocycles. The molecule has 1 amide bonds. The molecule has 2 heterocycles. The molecule has 0 spiro atoms. The standard InChI is InChI=1S/C22H15N3O5S2/c1-29-18-5-3-2-4-17(18)24-21(26)19(32-22(24)31)12-14-6-9-16(10-7-14)30-20-11-8-15(13-23-20)25(27)28/h2-13H,1H3/b19-12-. The number of benzene rings is 2. The molecule has 0 saturated carbocycles. The van der Waals surface area contributed by atoms with Gasteiger partial charge in [0.1, 0.15) is 17.7 Å². The molecular formula is C22H15N3O5S2. The van der Waals surface area contributed by atoms with Crippen LogP contribution in [0.25, 0.3) is 6.08 Å². The number of carbonyl (C=O) groups is 1. The number of nitro groups is 1. The van der Waals surface area contributed by atoms with Gasteiger partial charge in [-0.25, -0.2) is 4.98 Å². The fraction of sp³-hybridized carbons (Fsp3) is 0.0455. The van der Waals surface area contributed by atoms with Crippen LogP contribution < -0.4 is 14.4 Å². The Morgan fingerprint density at radius 1 is 1.12 bits per heavy atom. The Bertz CT molecular complexity index is 1230. The van der Waals surface area contributed by atoms with E-state index in [1.54, 1.807) is 49.6 Å². The Hall–Kier alpha value is -3.76. The number of nitrogens with zero attached hydrogens (tertiary/aromatic N) is 3. The van der Waals surface area contributed by atoms with E-state index >= 15 is 0 Å². The largest absolute Gasteiger partial charge is 0.495 e. The number of thioether (sulfide) groups is 1. The average Bonchev–Trinajstić information content (AvgIpc) is 3.08. The van der Waals surface area contributed by atoms with E-state index < -0.39 is 4.92 Å². The Labute approximate surface area is 192 Å². The lowest BCUT2D eigenvalue weighted by Crippen LogP contribution is -2.27. The topological polar surface area (TPSA) is 94.8 Å². The van der Waals surface area contributed by atoms with Crippen LogP contribution in [-0.2, 0) is 4.79 Å². The summed E-state index contributed by atoms with van der Waals surface area (Å²) >= 11 is 6.64. The minimum absolute atomic E-state index is 0.113. The van der Waals surface area contributed by atoms with Gasteiger partial charge in [0.2, 0.25) is 5.88 Å². The van der Waals surface area contributed by atoms with E-state index in [1.807, 2.05) is 12.1 Å². The van der Waals surface area contributed by atoms with Crippen LogP contribution in [0.15, 0.2) is 71.8 Å². The molecule has 0 radical (unpaired) electrons. The van der Waals surface area contributed by atoms with E-state index in [-0.39, 0.29) is 17.5 Å². The molecule has 32 heavy (non-hydrogen) atoms. The van der Waals surface area contributed by atoms with Crippen molar-refractivity contribution in [2.75, 3.05) is 12.0 Å². The van der Waals surface area contributed by atoms with Gasteiger partial charge in [-0.1, -0.05) is 48.2 Å². The summed E-state index contributed by atoms with van der Waals surface area (Å²) in [6.07, 6.45) is 2.88. The molecule has 0 bridgehead atoms. The van der Waals surface area contributed by atoms with Crippen LogP contribution in [0.3, 0.4) is 0 Å². The van der Waals surface area contributed by atoms with Crippen molar-refractivity contribution in [1.29, 1.82) is 0 Å². The first-order chi connectivity index (χ1) is 15.5. The predicted molar refractivity (Wildman–Crippen MR) is 126 cm³/mol. The van der Waals surface area contributed by atoms with Crippen molar-refractivity contribution in [3.05, 3.63) is 87.4 Å². The Morgan fingerprint density at radius 3 is 2.53 bits per heavy atom. The van der Waals surface area contributed by atoms with Gasteiger partial charge in [-0.3, -0.25) is 19.8 Å². The van der Waals surface area contributed by atoms with Gasteiger partial charge in [0, 0.05) is 12.1 Å². The number of ether oxygens (including phenoxy) is 2. The first kappa shape index (κ1) is 21.5. The van der Waals surface area contributed by atoms with E-state index in [1.165, 1.54) is 28.8 Å². The van der Waals surface area contributed by atoms with Crippen molar-refractivity contribution in [1.82, 2.24) is 4.98 Å². The fourth-order valence-electron chi connectivity index (χ4n) is 2.93. The van der Waals surface area contributed by atoms with Crippen molar-refractivity contribution in [2.24, 2.45) is 0 Å². The second kappa shape index (κ2) is 9.16. The molecule has 0 unspecified atom stereocenters. The highest BCUT2D eigenvalue weighted by molar-refractivity contribution is 8.27. The molecule has 1 saturated heterocycles. The van der Waals surface area contributed by atoms with Gasteiger partial charge in [0.05, 0.1) is 22.6 Å². The van der Waals surface area contributed by atoms with Gasteiger partial charge < -0.3 is 9.47 Å². The van der Waals surface area contributed by atoms with Crippen molar-refractivity contribution >= 4 is 51.7 Å². The van der Waals surface area contributed by atoms with E-state index in [2.05, 4.69) is 4.98 Å². The van der Waals surface area contributed by atoms with Gasteiger partial charge in [0.15, 0.2) is 4.32 Å². The molecule has 0 N–H and O–H groups in total. The number of amides is 1. The quantitative estimate of drug-likeness (QED) is 0.212. The van der Waals surface area contributed by atoms with Crippen molar-refractivity contribution in [3.8, 4) is 17.4 Å². The number of hydrogen-bond acceptors (Lipinski definition) is 8. The van der Waals surface area contributed by atoms with Crippen LogP contribution in [0, 0.1) is 10.1 Å². The number of carbonyl (C=O) groups excluding carboxylic acids is 1. The van der Waals surface area contributed by atoms with Gasteiger partial charge in [0.25, 0.3) is 11.6 Å². The summed E-state index contributed by atoms with van der Waals surface area (Å²) in [5.41, 5.74) is 1.27. The minimum Gasteiger partial charge on any atom is -0.495 e. The van der Waals surface area contributed by atoms with Crippen LogP contribution in [0.4, 0.5) is 11.4 Å². The molecule has 1 fully saturated rings. The van der Waals surface area contributed by atoms with Crippen LogP contribution in [0.2, 0.25) is 0 Å². The zero-order chi connectivity index (χ0) is 22.7. The lowest BCUT2D eigenvalue weighted by Gasteiger charge is -2.17. The minimum atomic E-state index is -0.526. The summed E-state index contributed by atoms with van der Waals surface area (Å²) in [4.78, 5) is 29.0. The second-order valence-electron chi connectivity index (χ2n) is 6.47. The molecule has 1 aliphatic heterocycles. The Morgan fingerprint density at radius 2 is 1.88 bits per heavy atom. The molecule has 3 aromatic rings. The molecule has 0 atom stereocenters. The fourth-order valence-corrected chi connectivity index (χ4v) is 4.22. The van der Waals surface area contributed by atoms with Crippen LogP contribution in [-0.4, -0.2) is 27.2 Å². The summed E-state index contributed by atoms with van der Waals surface area (Å²) in [5, 5.41) is 10.7. The van der Waals surface area contributed by atoms with Crippen molar-refractivity contribution in [2.45, 2.75) is 0 Å². The third kappa shape index (κ3) is 4.46. The molecule has 10 heteroatoms. The Kier molecular flexibility index (Phi) is 6.15. The maximum atomic E-state index is 13.0. The summed E-state index contributed by atoms with van der Waals surface area (Å²) in [6, 6.07) is 17.0. The van der Waals surface area contributed by atoms with Crippen molar-refractivity contribution < 1.29 is 19.2 Å². The summed E-state index contributed by atoms with van der Waals surface area (Å²) in [6.45, 7) is 0. The summed E-state index contributed by atoms with van der Waals surface area (Å²) < 4.78 is 11.4. The maximum absolute atomic E-state index is 13.0. The van der Waals surface area contributed by atoms with Crippen LogP contribution in [0.1, 0.15) is 5.56 Å². The summed E-state index contributed by atoms with van der Waals surface area (Å²) in [7, 11) is 1.54. The number of methoxy groups -OCH3 is 1. The first-order valence-corrected chi connectivity index (χ1v) is 10.5. The monoisotopic (exact) mass is 465 g/mol. The number of pyridine rings is 1. The predicted octanol–water partition coefficient (Wildman–Crippen LogP) is 5.20. The zero-order valence-corrected chi connectivity index (χ0v) is 18.3. The molecular weight excluding hydrogens is 450 g/mol. The van der Waals surface area contributed by atoms with Gasteiger partial charge >= 0.3 is 0 Å². The second-order valence-corrected chi connectivity index (χ2v) is 8.15. The summed E-state index contributed by atoms with van der Waals surface area (Å²) in [5.74, 6) is 1.08. The van der Waals surface area contributed by atoms with E-state index in [9.17, 15) is 14.9 Å². The zero-order valence-electron chi connectivity index (χ0n) is 16.6. The first-order valence-electron chi connectivity index (χ1n) is 9.25. The molecule has 1 aliphatic rings. The number of anilines is 1. The maximum Gasteiger partial charge on any atom is 0.287 e. The number of rotatable bonds is 6. The third-order valence-electron chi connectivity index (χ3n) is 4.45. The normalized spacial score (nSPS) is 14.7. The molecule has 160 valence electrons. The molecule has 4 rings (SSSR count). The third-order valence-corrected chi connectivity index (χ3v) is 5.75. The molecule has 8 nitrogen and oxygen atoms in total. The van der Waals surface area contributed by atoms with Crippen LogP contribution >= 0.6 is 24.0 Å². The molecule has 1 aromatic heterocycles. The highest BCUT2D eigenvalue weighted by Crippen LogP contribution is 2.39. The SMILES string of the molecule is COc1ccccc1N1C(=O)/C(=C/c2ccc(Oc3ccc([N+](=O)[O-])cn3)cc2)SC1=S. The van der Waals surface area contributed by atoms with E-state index in [0.717, 1.165) is 11.8 Å². The molecule has 2 aromatic carbocycles. The lowest BCUT2D eigenvalue weighted by molar-refractivity contribution is -0.385. The van der Waals surface area contributed by atoms with Gasteiger partial charge in [-0.2, -0.15) is 0 Å². The van der Waals surface area contributed by atoms with Gasteiger partial charge in [-0.05, 0) is 35.9 Å². The van der Waals surface area contributed by atoms with Gasteiger partial charge in [-0.15, -0.1) is 0 Å². The smallest absolute Gasteiger partial charge is 0.287 e. The van der Waals surface area contributed by atoms with Crippen LogP contribution in [0.5, 0.6) is 17.4 Å². The van der Waals surface area contributed by atoms with E-state index in [4.69, 9.17) is 21.7 Å². The highest BCUT2D eigenvalue weighted by atomic mass is 32.2.